The number of nitrogens with zero attached hydrogens (tertiary/aromatic N) is 4. The van der Waals surface area contributed by atoms with Crippen LogP contribution in [0.1, 0.15) is 29.7 Å². The first-order valence-electron chi connectivity index (χ1n) is 10.7. The first-order valence-corrected chi connectivity index (χ1v) is 10.7. The molecule has 0 saturated carbocycles. The number of rotatable bonds is 5. The molecule has 154 valence electrons. The fourth-order valence-corrected chi connectivity index (χ4v) is 4.30. The zero-order valence-electron chi connectivity index (χ0n) is 17.0. The number of anilines is 3. The van der Waals surface area contributed by atoms with Gasteiger partial charge in [0.15, 0.2) is 0 Å². The van der Waals surface area contributed by atoms with Crippen LogP contribution in [0.25, 0.3) is 0 Å². The van der Waals surface area contributed by atoms with Gasteiger partial charge in [0, 0.05) is 50.4 Å². The molecule has 1 N–H and O–H groups in total. The Hall–Kier alpha value is -2.99. The zero-order chi connectivity index (χ0) is 20.3. The van der Waals surface area contributed by atoms with Gasteiger partial charge in [0.1, 0.15) is 11.6 Å². The van der Waals surface area contributed by atoms with Gasteiger partial charge in [-0.1, -0.05) is 36.4 Å². The van der Waals surface area contributed by atoms with E-state index in [1.165, 1.54) is 30.5 Å². The van der Waals surface area contributed by atoms with Crippen LogP contribution < -0.4 is 10.2 Å². The predicted molar refractivity (Wildman–Crippen MR) is 117 cm³/mol. The summed E-state index contributed by atoms with van der Waals surface area (Å²) in [7, 11) is 0. The lowest BCUT2D eigenvalue weighted by Crippen LogP contribution is -2.32. The third-order valence-corrected chi connectivity index (χ3v) is 5.85. The number of hydrogen-bond donors (Lipinski definition) is 1. The van der Waals surface area contributed by atoms with E-state index < -0.39 is 0 Å². The number of benzene rings is 2. The van der Waals surface area contributed by atoms with Crippen molar-refractivity contribution in [2.24, 2.45) is 0 Å². The van der Waals surface area contributed by atoms with E-state index in [0.717, 1.165) is 62.2 Å². The summed E-state index contributed by atoms with van der Waals surface area (Å²) in [6, 6.07) is 17.1. The molecule has 2 aromatic carbocycles. The Labute approximate surface area is 176 Å². The largest absolute Gasteiger partial charge is 0.341 e. The molecule has 2 aliphatic heterocycles. The van der Waals surface area contributed by atoms with Crippen LogP contribution >= 0.6 is 0 Å². The summed E-state index contributed by atoms with van der Waals surface area (Å²) in [5.41, 5.74) is 4.23. The third-order valence-electron chi connectivity index (χ3n) is 5.85. The molecule has 3 heterocycles. The number of nitrogens with one attached hydrogen (secondary N) is 1. The van der Waals surface area contributed by atoms with E-state index >= 15 is 0 Å². The molecule has 5 nitrogen and oxygen atoms in total. The zero-order valence-corrected chi connectivity index (χ0v) is 17.0. The molecule has 6 heteroatoms. The van der Waals surface area contributed by atoms with E-state index in [1.54, 1.807) is 6.07 Å². The molecule has 2 aliphatic rings. The van der Waals surface area contributed by atoms with Crippen LogP contribution in [-0.4, -0.2) is 34.5 Å². The third kappa shape index (κ3) is 4.14. The van der Waals surface area contributed by atoms with Crippen molar-refractivity contribution >= 4 is 17.5 Å². The SMILES string of the molecule is Fc1cccc(Nc2nc(N3CCCC3)nc3c2CN(Cc2ccccc2)CC3)c1. The second kappa shape index (κ2) is 8.40. The molecule has 30 heavy (non-hydrogen) atoms. The molecular formula is C24H26FN5. The number of fused-ring (bicyclic) bond motifs is 1. The Bertz CT molecular complexity index is 1020. The maximum Gasteiger partial charge on any atom is 0.227 e. The van der Waals surface area contributed by atoms with E-state index in [1.807, 2.05) is 12.1 Å². The van der Waals surface area contributed by atoms with Crippen LogP contribution in [0.2, 0.25) is 0 Å². The highest BCUT2D eigenvalue weighted by molar-refractivity contribution is 5.62. The van der Waals surface area contributed by atoms with Crippen molar-refractivity contribution in [2.75, 3.05) is 29.9 Å². The van der Waals surface area contributed by atoms with Crippen LogP contribution in [0.3, 0.4) is 0 Å². The number of aromatic nitrogens is 2. The van der Waals surface area contributed by atoms with E-state index in [4.69, 9.17) is 9.97 Å². The van der Waals surface area contributed by atoms with E-state index in [-0.39, 0.29) is 5.82 Å². The fourth-order valence-electron chi connectivity index (χ4n) is 4.30. The first kappa shape index (κ1) is 19.0. The summed E-state index contributed by atoms with van der Waals surface area (Å²) >= 11 is 0. The monoisotopic (exact) mass is 403 g/mol. The molecule has 1 aromatic heterocycles. The van der Waals surface area contributed by atoms with Gasteiger partial charge in [-0.15, -0.1) is 0 Å². The van der Waals surface area contributed by atoms with Crippen molar-refractivity contribution in [1.82, 2.24) is 14.9 Å². The van der Waals surface area contributed by atoms with E-state index in [0.29, 0.717) is 5.69 Å². The van der Waals surface area contributed by atoms with Gasteiger partial charge < -0.3 is 10.2 Å². The quantitative estimate of drug-likeness (QED) is 0.679. The molecule has 0 amide bonds. The maximum atomic E-state index is 13.7. The van der Waals surface area contributed by atoms with Gasteiger partial charge in [-0.3, -0.25) is 4.90 Å². The molecule has 0 spiro atoms. The van der Waals surface area contributed by atoms with Crippen molar-refractivity contribution in [3.63, 3.8) is 0 Å². The predicted octanol–water partition coefficient (Wildman–Crippen LogP) is 4.52. The molecule has 0 aliphatic carbocycles. The second-order valence-corrected chi connectivity index (χ2v) is 8.07. The van der Waals surface area contributed by atoms with Gasteiger partial charge in [0.25, 0.3) is 0 Å². The van der Waals surface area contributed by atoms with Crippen LogP contribution in [-0.2, 0) is 19.5 Å². The summed E-state index contributed by atoms with van der Waals surface area (Å²) in [6.07, 6.45) is 3.25. The molecule has 0 atom stereocenters. The van der Waals surface area contributed by atoms with Crippen molar-refractivity contribution in [2.45, 2.75) is 32.4 Å². The Balaban J connectivity index is 1.46. The lowest BCUT2D eigenvalue weighted by atomic mass is 10.0. The van der Waals surface area contributed by atoms with Crippen LogP contribution in [0, 0.1) is 5.82 Å². The molecule has 0 bridgehead atoms. The summed E-state index contributed by atoms with van der Waals surface area (Å²) < 4.78 is 13.7. The highest BCUT2D eigenvalue weighted by atomic mass is 19.1. The van der Waals surface area contributed by atoms with Gasteiger partial charge in [-0.2, -0.15) is 4.98 Å². The van der Waals surface area contributed by atoms with Crippen LogP contribution in [0.5, 0.6) is 0 Å². The Morgan fingerprint density at radius 2 is 1.77 bits per heavy atom. The smallest absolute Gasteiger partial charge is 0.227 e. The lowest BCUT2D eigenvalue weighted by Gasteiger charge is -2.30. The summed E-state index contributed by atoms with van der Waals surface area (Å²) in [6.45, 7) is 4.64. The lowest BCUT2D eigenvalue weighted by molar-refractivity contribution is 0.243. The first-order chi connectivity index (χ1) is 14.7. The highest BCUT2D eigenvalue weighted by Gasteiger charge is 2.25. The number of hydrogen-bond acceptors (Lipinski definition) is 5. The van der Waals surface area contributed by atoms with Gasteiger partial charge in [-0.05, 0) is 36.6 Å². The van der Waals surface area contributed by atoms with Gasteiger partial charge in [0.2, 0.25) is 5.95 Å². The normalized spacial score (nSPS) is 16.5. The fraction of sp³-hybridized carbons (Fsp3) is 0.333. The van der Waals surface area contributed by atoms with Crippen molar-refractivity contribution in [1.29, 1.82) is 0 Å². The Morgan fingerprint density at radius 1 is 0.933 bits per heavy atom. The summed E-state index contributed by atoms with van der Waals surface area (Å²) in [5.74, 6) is 1.33. The minimum Gasteiger partial charge on any atom is -0.341 e. The highest BCUT2D eigenvalue weighted by Crippen LogP contribution is 2.30. The molecule has 1 saturated heterocycles. The second-order valence-electron chi connectivity index (χ2n) is 8.07. The van der Waals surface area contributed by atoms with Crippen molar-refractivity contribution < 1.29 is 4.39 Å². The average molecular weight is 404 g/mol. The minimum atomic E-state index is -0.256. The molecule has 5 rings (SSSR count). The number of halogens is 1. The van der Waals surface area contributed by atoms with Crippen LogP contribution in [0.15, 0.2) is 54.6 Å². The van der Waals surface area contributed by atoms with E-state index in [2.05, 4.69) is 39.4 Å². The molecule has 0 unspecified atom stereocenters. The minimum absolute atomic E-state index is 0.256. The van der Waals surface area contributed by atoms with Gasteiger partial charge in [-0.25, -0.2) is 9.37 Å². The molecule has 0 radical (unpaired) electrons. The standard InChI is InChI=1S/C24H26FN5/c25-19-9-6-10-20(15-19)26-23-21-17-29(16-18-7-2-1-3-8-18)14-11-22(21)27-24(28-23)30-12-4-5-13-30/h1-3,6-10,15H,4-5,11-14,16-17H2,(H,26,27,28). The van der Waals surface area contributed by atoms with Crippen LogP contribution in [0.4, 0.5) is 21.8 Å². The summed E-state index contributed by atoms with van der Waals surface area (Å²) in [5, 5.41) is 3.38. The molecule has 3 aromatic rings. The maximum absolute atomic E-state index is 13.7. The van der Waals surface area contributed by atoms with Gasteiger partial charge >= 0.3 is 0 Å². The van der Waals surface area contributed by atoms with Crippen molar-refractivity contribution in [3.8, 4) is 0 Å². The van der Waals surface area contributed by atoms with Gasteiger partial charge in [0.05, 0.1) is 5.69 Å². The van der Waals surface area contributed by atoms with E-state index in [9.17, 15) is 4.39 Å². The summed E-state index contributed by atoms with van der Waals surface area (Å²) in [4.78, 5) is 14.5. The Morgan fingerprint density at radius 3 is 2.57 bits per heavy atom. The Kier molecular flexibility index (Phi) is 5.32. The van der Waals surface area contributed by atoms with Crippen molar-refractivity contribution in [3.05, 3.63) is 77.2 Å². The topological polar surface area (TPSA) is 44.3 Å². The molecular weight excluding hydrogens is 377 g/mol. The molecule has 1 fully saturated rings. The average Bonchev–Trinajstić information content (AvgIpc) is 3.30.